The Morgan fingerprint density at radius 2 is 2.25 bits per heavy atom. The topological polar surface area (TPSA) is 58.1 Å². The van der Waals surface area contributed by atoms with E-state index in [1.807, 2.05) is 12.1 Å². The van der Waals surface area contributed by atoms with Crippen molar-refractivity contribution in [3.63, 3.8) is 0 Å². The number of carbonyl (C=O) groups is 1. The number of aromatic nitrogens is 2. The SMILES string of the molecule is O=C(N[C@@H]1CN2CCC1CC2)c1nsc2ncccc12. The molecule has 3 fully saturated rings. The van der Waals surface area contributed by atoms with Crippen LogP contribution in [0, 0.1) is 5.92 Å². The second-order valence-electron chi connectivity index (χ2n) is 5.61. The van der Waals surface area contributed by atoms with E-state index in [9.17, 15) is 4.79 Å². The van der Waals surface area contributed by atoms with Crippen LogP contribution in [-0.2, 0) is 0 Å². The highest BCUT2D eigenvalue weighted by Crippen LogP contribution is 2.28. The third-order valence-electron chi connectivity index (χ3n) is 4.44. The smallest absolute Gasteiger partial charge is 0.271 e. The van der Waals surface area contributed by atoms with Crippen molar-refractivity contribution in [2.75, 3.05) is 19.6 Å². The van der Waals surface area contributed by atoms with E-state index in [1.165, 1.54) is 37.5 Å². The average Bonchev–Trinajstić information content (AvgIpc) is 2.92. The lowest BCUT2D eigenvalue weighted by Gasteiger charge is -2.44. The Morgan fingerprint density at radius 1 is 1.40 bits per heavy atom. The van der Waals surface area contributed by atoms with Gasteiger partial charge in [-0.2, -0.15) is 4.37 Å². The van der Waals surface area contributed by atoms with Gasteiger partial charge in [0.2, 0.25) is 0 Å². The molecule has 2 aromatic rings. The number of nitrogens with one attached hydrogen (secondary N) is 1. The van der Waals surface area contributed by atoms with Crippen molar-refractivity contribution in [1.82, 2.24) is 19.6 Å². The summed E-state index contributed by atoms with van der Waals surface area (Å²) < 4.78 is 4.28. The minimum atomic E-state index is -0.0528. The van der Waals surface area contributed by atoms with E-state index in [0.29, 0.717) is 11.6 Å². The molecule has 6 heteroatoms. The summed E-state index contributed by atoms with van der Waals surface area (Å²) in [5.41, 5.74) is 0.523. The van der Waals surface area contributed by atoms with E-state index in [-0.39, 0.29) is 11.9 Å². The van der Waals surface area contributed by atoms with Gasteiger partial charge < -0.3 is 10.2 Å². The van der Waals surface area contributed by atoms with Crippen LogP contribution < -0.4 is 5.32 Å². The van der Waals surface area contributed by atoms with E-state index >= 15 is 0 Å². The van der Waals surface area contributed by atoms with Gasteiger partial charge in [-0.05, 0) is 55.5 Å². The summed E-state index contributed by atoms with van der Waals surface area (Å²) in [6.07, 6.45) is 4.13. The standard InChI is InChI=1S/C14H16N4OS/c19-13(12-10-2-1-5-15-14(10)20-17-12)16-11-8-18-6-3-9(11)4-7-18/h1-2,5,9,11H,3-4,6-8H2,(H,16,19)/t11-/m1/s1. The molecular weight excluding hydrogens is 272 g/mol. The van der Waals surface area contributed by atoms with Crippen molar-refractivity contribution in [3.05, 3.63) is 24.0 Å². The zero-order chi connectivity index (χ0) is 13.5. The summed E-state index contributed by atoms with van der Waals surface area (Å²) in [5.74, 6) is 0.579. The largest absolute Gasteiger partial charge is 0.346 e. The predicted octanol–water partition coefficient (Wildman–Crippen LogP) is 1.52. The Kier molecular flexibility index (Phi) is 2.93. The summed E-state index contributed by atoms with van der Waals surface area (Å²) in [4.78, 5) is 19.9. The predicted molar refractivity (Wildman–Crippen MR) is 77.8 cm³/mol. The molecule has 1 amide bonds. The molecule has 3 aliphatic rings. The molecule has 20 heavy (non-hydrogen) atoms. The van der Waals surface area contributed by atoms with E-state index in [1.54, 1.807) is 6.20 Å². The Bertz CT molecular complexity index is 647. The first-order chi connectivity index (χ1) is 9.81. The highest BCUT2D eigenvalue weighted by atomic mass is 32.1. The van der Waals surface area contributed by atoms with Gasteiger partial charge in [-0.3, -0.25) is 4.79 Å². The minimum absolute atomic E-state index is 0.0528. The Labute approximate surface area is 121 Å². The van der Waals surface area contributed by atoms with Gasteiger partial charge in [0.25, 0.3) is 5.91 Å². The maximum atomic E-state index is 12.5. The number of rotatable bonds is 2. The van der Waals surface area contributed by atoms with Crippen molar-refractivity contribution in [2.24, 2.45) is 5.92 Å². The number of fused-ring (bicyclic) bond motifs is 4. The molecule has 0 aromatic carbocycles. The van der Waals surface area contributed by atoms with Gasteiger partial charge >= 0.3 is 0 Å². The fourth-order valence-electron chi connectivity index (χ4n) is 3.31. The summed E-state index contributed by atoms with van der Waals surface area (Å²) in [7, 11) is 0. The minimum Gasteiger partial charge on any atom is -0.346 e. The fourth-order valence-corrected chi connectivity index (χ4v) is 4.04. The Hall–Kier alpha value is -1.53. The van der Waals surface area contributed by atoms with Gasteiger partial charge in [0.15, 0.2) is 5.69 Å². The van der Waals surface area contributed by atoms with Gasteiger partial charge in [0, 0.05) is 24.2 Å². The average molecular weight is 288 g/mol. The molecule has 2 aromatic heterocycles. The van der Waals surface area contributed by atoms with E-state index < -0.39 is 0 Å². The lowest BCUT2D eigenvalue weighted by molar-refractivity contribution is 0.0619. The normalized spacial score (nSPS) is 28.7. The van der Waals surface area contributed by atoms with Crippen LogP contribution in [0.3, 0.4) is 0 Å². The van der Waals surface area contributed by atoms with Crippen molar-refractivity contribution in [2.45, 2.75) is 18.9 Å². The number of carbonyl (C=O) groups excluding carboxylic acids is 1. The van der Waals surface area contributed by atoms with Gasteiger partial charge in [-0.15, -0.1) is 0 Å². The summed E-state index contributed by atoms with van der Waals surface area (Å²) >= 11 is 1.29. The van der Waals surface area contributed by atoms with E-state index in [2.05, 4.69) is 19.6 Å². The highest BCUT2D eigenvalue weighted by molar-refractivity contribution is 7.13. The molecule has 0 spiro atoms. The molecule has 1 N–H and O–H groups in total. The maximum absolute atomic E-state index is 12.5. The molecule has 0 radical (unpaired) electrons. The third kappa shape index (κ3) is 1.99. The number of hydrogen-bond acceptors (Lipinski definition) is 5. The third-order valence-corrected chi connectivity index (χ3v) is 5.21. The summed E-state index contributed by atoms with van der Waals surface area (Å²) in [6, 6.07) is 4.04. The molecule has 2 bridgehead atoms. The summed E-state index contributed by atoms with van der Waals surface area (Å²) in [5, 5.41) is 4.04. The van der Waals surface area contributed by atoms with Crippen molar-refractivity contribution in [3.8, 4) is 0 Å². The van der Waals surface area contributed by atoms with Crippen LogP contribution in [0.4, 0.5) is 0 Å². The molecular formula is C14H16N4OS. The molecule has 0 saturated carbocycles. The molecule has 5 rings (SSSR count). The Balaban J connectivity index is 1.56. The number of nitrogens with zero attached hydrogens (tertiary/aromatic N) is 3. The van der Waals surface area contributed by atoms with Crippen LogP contribution >= 0.6 is 11.5 Å². The number of pyridine rings is 1. The quantitative estimate of drug-likeness (QED) is 0.910. The molecule has 5 heterocycles. The lowest BCUT2D eigenvalue weighted by Crippen LogP contribution is -2.57. The van der Waals surface area contributed by atoms with Crippen molar-refractivity contribution in [1.29, 1.82) is 0 Å². The molecule has 3 saturated heterocycles. The maximum Gasteiger partial charge on any atom is 0.271 e. The van der Waals surface area contributed by atoms with E-state index in [4.69, 9.17) is 0 Å². The number of amides is 1. The van der Waals surface area contributed by atoms with Gasteiger partial charge in [-0.1, -0.05) is 0 Å². The highest BCUT2D eigenvalue weighted by Gasteiger charge is 2.35. The molecule has 0 aliphatic carbocycles. The van der Waals surface area contributed by atoms with Crippen molar-refractivity contribution < 1.29 is 4.79 Å². The lowest BCUT2D eigenvalue weighted by atomic mass is 9.84. The zero-order valence-electron chi connectivity index (χ0n) is 11.1. The van der Waals surface area contributed by atoms with Gasteiger partial charge in [0.1, 0.15) is 4.83 Å². The van der Waals surface area contributed by atoms with Crippen molar-refractivity contribution >= 4 is 27.7 Å². The van der Waals surface area contributed by atoms with Crippen LogP contribution in [0.1, 0.15) is 23.3 Å². The first kappa shape index (κ1) is 12.2. The van der Waals surface area contributed by atoms with Crippen LogP contribution in [0.5, 0.6) is 0 Å². The molecule has 1 atom stereocenters. The monoisotopic (exact) mass is 288 g/mol. The first-order valence-corrected chi connectivity index (χ1v) is 7.82. The molecule has 3 aliphatic heterocycles. The number of piperidine rings is 3. The first-order valence-electron chi connectivity index (χ1n) is 7.05. The second kappa shape index (κ2) is 4.79. The Morgan fingerprint density at radius 3 is 3.00 bits per heavy atom. The zero-order valence-corrected chi connectivity index (χ0v) is 11.9. The molecule has 104 valence electrons. The fraction of sp³-hybridized carbons (Fsp3) is 0.500. The van der Waals surface area contributed by atoms with E-state index in [0.717, 1.165) is 16.8 Å². The van der Waals surface area contributed by atoms with Crippen LogP contribution in [0.15, 0.2) is 18.3 Å². The van der Waals surface area contributed by atoms with Gasteiger partial charge in [0.05, 0.1) is 0 Å². The summed E-state index contributed by atoms with van der Waals surface area (Å²) in [6.45, 7) is 3.35. The van der Waals surface area contributed by atoms with Crippen LogP contribution in [0.25, 0.3) is 10.2 Å². The number of hydrogen-bond donors (Lipinski definition) is 1. The van der Waals surface area contributed by atoms with Gasteiger partial charge in [-0.25, -0.2) is 4.98 Å². The van der Waals surface area contributed by atoms with Crippen LogP contribution in [-0.4, -0.2) is 45.8 Å². The molecule has 0 unspecified atom stereocenters. The molecule has 5 nitrogen and oxygen atoms in total. The second-order valence-corrected chi connectivity index (χ2v) is 6.36. The van der Waals surface area contributed by atoms with Crippen LogP contribution in [0.2, 0.25) is 0 Å².